The largest absolute Gasteiger partial charge is 0.327 e. The molecule has 0 aromatic heterocycles. The third kappa shape index (κ3) is 3.62. The van der Waals surface area contributed by atoms with Crippen LogP contribution in [-0.2, 0) is 4.79 Å². The number of anilines is 1. The predicted octanol–water partition coefficient (Wildman–Crippen LogP) is 3.69. The van der Waals surface area contributed by atoms with Crippen molar-refractivity contribution in [2.45, 2.75) is 18.9 Å². The smallest absolute Gasteiger partial charge is 0.254 e. The van der Waals surface area contributed by atoms with E-state index in [2.05, 4.69) is 21.2 Å². The minimum Gasteiger partial charge on any atom is -0.327 e. The van der Waals surface area contributed by atoms with E-state index < -0.39 is 6.04 Å². The van der Waals surface area contributed by atoms with Crippen molar-refractivity contribution in [2.75, 3.05) is 11.9 Å². The first-order chi connectivity index (χ1) is 11.1. The van der Waals surface area contributed by atoms with Gasteiger partial charge in [0.05, 0.1) is 0 Å². The van der Waals surface area contributed by atoms with Gasteiger partial charge in [-0.3, -0.25) is 9.59 Å². The van der Waals surface area contributed by atoms with Gasteiger partial charge in [-0.1, -0.05) is 34.1 Å². The van der Waals surface area contributed by atoms with E-state index in [9.17, 15) is 9.59 Å². The number of benzene rings is 2. The molecular formula is C18H17BrN2O2. The molecule has 2 aromatic rings. The molecule has 1 N–H and O–H groups in total. The fourth-order valence-electron chi connectivity index (χ4n) is 2.79. The van der Waals surface area contributed by atoms with Crippen LogP contribution >= 0.6 is 15.9 Å². The molecule has 1 aliphatic rings. The highest BCUT2D eigenvalue weighted by Gasteiger charge is 2.34. The number of nitrogens with one attached hydrogen (secondary N) is 1. The van der Waals surface area contributed by atoms with Crippen LogP contribution < -0.4 is 5.32 Å². The van der Waals surface area contributed by atoms with Crippen molar-refractivity contribution in [3.8, 4) is 0 Å². The van der Waals surface area contributed by atoms with Crippen LogP contribution in [0.5, 0.6) is 0 Å². The van der Waals surface area contributed by atoms with Gasteiger partial charge in [0, 0.05) is 22.3 Å². The lowest BCUT2D eigenvalue weighted by Gasteiger charge is -2.24. The van der Waals surface area contributed by atoms with Crippen LogP contribution in [0.1, 0.15) is 23.2 Å². The second-order valence-corrected chi connectivity index (χ2v) is 6.43. The molecule has 1 fully saturated rings. The van der Waals surface area contributed by atoms with Gasteiger partial charge in [0.25, 0.3) is 5.91 Å². The normalized spacial score (nSPS) is 17.1. The van der Waals surface area contributed by atoms with Crippen LogP contribution in [0.25, 0.3) is 0 Å². The molecule has 0 radical (unpaired) electrons. The third-order valence-electron chi connectivity index (χ3n) is 3.95. The zero-order chi connectivity index (χ0) is 16.2. The molecule has 0 unspecified atom stereocenters. The van der Waals surface area contributed by atoms with E-state index in [1.54, 1.807) is 17.0 Å². The number of hydrogen-bond acceptors (Lipinski definition) is 2. The predicted molar refractivity (Wildman–Crippen MR) is 93.3 cm³/mol. The number of rotatable bonds is 3. The Morgan fingerprint density at radius 2 is 1.74 bits per heavy atom. The van der Waals surface area contributed by atoms with E-state index in [0.717, 1.165) is 16.6 Å². The summed E-state index contributed by atoms with van der Waals surface area (Å²) in [6, 6.07) is 16.1. The lowest BCUT2D eigenvalue weighted by atomic mass is 10.1. The van der Waals surface area contributed by atoms with Crippen molar-refractivity contribution in [1.82, 2.24) is 4.90 Å². The summed E-state index contributed by atoms with van der Waals surface area (Å²) in [7, 11) is 0. The molecule has 1 saturated heterocycles. The molecule has 0 saturated carbocycles. The molecule has 0 aliphatic carbocycles. The molecule has 1 aliphatic heterocycles. The summed E-state index contributed by atoms with van der Waals surface area (Å²) >= 11 is 3.37. The number of hydrogen-bond donors (Lipinski definition) is 1. The molecule has 2 aromatic carbocycles. The van der Waals surface area contributed by atoms with Crippen molar-refractivity contribution in [2.24, 2.45) is 0 Å². The SMILES string of the molecule is O=C(Nc1ccc(Br)cc1)[C@H]1CCCN1C(=O)c1ccccc1. The lowest BCUT2D eigenvalue weighted by Crippen LogP contribution is -2.43. The fraction of sp³-hybridized carbons (Fsp3) is 0.222. The Balaban J connectivity index is 1.72. The van der Waals surface area contributed by atoms with E-state index in [0.29, 0.717) is 18.5 Å². The molecule has 0 spiro atoms. The highest BCUT2D eigenvalue weighted by molar-refractivity contribution is 9.10. The van der Waals surface area contributed by atoms with Gasteiger partial charge in [0.1, 0.15) is 6.04 Å². The molecular weight excluding hydrogens is 356 g/mol. The van der Waals surface area contributed by atoms with Crippen molar-refractivity contribution in [3.05, 3.63) is 64.6 Å². The van der Waals surface area contributed by atoms with Gasteiger partial charge in [0.2, 0.25) is 5.91 Å². The molecule has 4 nitrogen and oxygen atoms in total. The van der Waals surface area contributed by atoms with Crippen LogP contribution in [0.4, 0.5) is 5.69 Å². The van der Waals surface area contributed by atoms with Gasteiger partial charge in [-0.25, -0.2) is 0 Å². The molecule has 3 rings (SSSR count). The Morgan fingerprint density at radius 3 is 2.43 bits per heavy atom. The van der Waals surface area contributed by atoms with Gasteiger partial charge in [0.15, 0.2) is 0 Å². The lowest BCUT2D eigenvalue weighted by molar-refractivity contribution is -0.119. The highest BCUT2D eigenvalue weighted by atomic mass is 79.9. The average molecular weight is 373 g/mol. The Hall–Kier alpha value is -2.14. The zero-order valence-electron chi connectivity index (χ0n) is 12.5. The standard InChI is InChI=1S/C18H17BrN2O2/c19-14-8-10-15(11-9-14)20-17(22)16-7-4-12-21(16)18(23)13-5-2-1-3-6-13/h1-3,5-6,8-11,16H,4,7,12H2,(H,20,22)/t16-/m1/s1. The first-order valence-corrected chi connectivity index (χ1v) is 8.37. The Bertz CT molecular complexity index is 701. The van der Waals surface area contributed by atoms with Gasteiger partial charge in [-0.15, -0.1) is 0 Å². The minimum absolute atomic E-state index is 0.0842. The zero-order valence-corrected chi connectivity index (χ0v) is 14.1. The van der Waals surface area contributed by atoms with Gasteiger partial charge in [-0.05, 0) is 49.2 Å². The van der Waals surface area contributed by atoms with Crippen molar-refractivity contribution >= 4 is 33.4 Å². The summed E-state index contributed by atoms with van der Waals surface area (Å²) in [6.45, 7) is 0.617. The second kappa shape index (κ2) is 6.96. The van der Waals surface area contributed by atoms with E-state index in [1.807, 2.05) is 42.5 Å². The van der Waals surface area contributed by atoms with Crippen molar-refractivity contribution in [1.29, 1.82) is 0 Å². The van der Waals surface area contributed by atoms with Crippen molar-refractivity contribution < 1.29 is 9.59 Å². The quantitative estimate of drug-likeness (QED) is 0.892. The summed E-state index contributed by atoms with van der Waals surface area (Å²) in [5.41, 5.74) is 1.35. The summed E-state index contributed by atoms with van der Waals surface area (Å²) in [5.74, 6) is -0.215. The molecule has 0 bridgehead atoms. The fourth-order valence-corrected chi connectivity index (χ4v) is 3.05. The topological polar surface area (TPSA) is 49.4 Å². The highest BCUT2D eigenvalue weighted by Crippen LogP contribution is 2.22. The van der Waals surface area contributed by atoms with Crippen LogP contribution in [0, 0.1) is 0 Å². The molecule has 2 amide bonds. The Kier molecular flexibility index (Phi) is 4.76. The van der Waals surface area contributed by atoms with E-state index >= 15 is 0 Å². The van der Waals surface area contributed by atoms with Gasteiger partial charge >= 0.3 is 0 Å². The Morgan fingerprint density at radius 1 is 1.04 bits per heavy atom. The monoisotopic (exact) mass is 372 g/mol. The number of carbonyl (C=O) groups excluding carboxylic acids is 2. The number of halogens is 1. The molecule has 5 heteroatoms. The summed E-state index contributed by atoms with van der Waals surface area (Å²) in [5, 5.41) is 2.89. The maximum Gasteiger partial charge on any atom is 0.254 e. The van der Waals surface area contributed by atoms with Crippen LogP contribution in [-0.4, -0.2) is 29.3 Å². The summed E-state index contributed by atoms with van der Waals surface area (Å²) in [6.07, 6.45) is 1.54. The molecule has 1 atom stereocenters. The number of likely N-dealkylation sites (tertiary alicyclic amines) is 1. The maximum absolute atomic E-state index is 12.6. The summed E-state index contributed by atoms with van der Waals surface area (Å²) in [4.78, 5) is 26.8. The molecule has 1 heterocycles. The van der Waals surface area contributed by atoms with Crippen LogP contribution in [0.3, 0.4) is 0 Å². The summed E-state index contributed by atoms with van der Waals surface area (Å²) < 4.78 is 0.956. The third-order valence-corrected chi connectivity index (χ3v) is 4.48. The van der Waals surface area contributed by atoms with Crippen LogP contribution in [0.15, 0.2) is 59.1 Å². The number of amides is 2. The molecule has 118 valence electrons. The second-order valence-electron chi connectivity index (χ2n) is 5.52. The maximum atomic E-state index is 12.6. The van der Waals surface area contributed by atoms with E-state index in [1.165, 1.54) is 0 Å². The van der Waals surface area contributed by atoms with Crippen molar-refractivity contribution in [3.63, 3.8) is 0 Å². The number of nitrogens with zero attached hydrogens (tertiary/aromatic N) is 1. The van der Waals surface area contributed by atoms with E-state index in [4.69, 9.17) is 0 Å². The van der Waals surface area contributed by atoms with Crippen LogP contribution in [0.2, 0.25) is 0 Å². The van der Waals surface area contributed by atoms with E-state index in [-0.39, 0.29) is 11.8 Å². The Labute approximate surface area is 143 Å². The number of carbonyl (C=O) groups is 2. The van der Waals surface area contributed by atoms with Gasteiger partial charge < -0.3 is 10.2 Å². The average Bonchev–Trinajstić information content (AvgIpc) is 3.07. The molecule has 23 heavy (non-hydrogen) atoms. The first kappa shape index (κ1) is 15.7. The van der Waals surface area contributed by atoms with Gasteiger partial charge in [-0.2, -0.15) is 0 Å². The minimum atomic E-state index is -0.411. The first-order valence-electron chi connectivity index (χ1n) is 7.57.